The second kappa shape index (κ2) is 5.55. The zero-order valence-electron chi connectivity index (χ0n) is 9.27. The van der Waals surface area contributed by atoms with E-state index in [1.165, 1.54) is 25.7 Å². The van der Waals surface area contributed by atoms with E-state index in [0.717, 1.165) is 25.7 Å². The van der Waals surface area contributed by atoms with Crippen LogP contribution in [0.2, 0.25) is 0 Å². The van der Waals surface area contributed by atoms with E-state index >= 15 is 0 Å². The van der Waals surface area contributed by atoms with Crippen LogP contribution < -0.4 is 0 Å². The largest absolute Gasteiger partial charge is 0.392 e. The van der Waals surface area contributed by atoms with Gasteiger partial charge >= 0.3 is 0 Å². The quantitative estimate of drug-likeness (QED) is 0.765. The number of rotatable bonds is 2. The third-order valence-electron chi connectivity index (χ3n) is 3.68. The van der Waals surface area contributed by atoms with Gasteiger partial charge in [0.15, 0.2) is 0 Å². The van der Waals surface area contributed by atoms with Crippen LogP contribution in [-0.2, 0) is 0 Å². The van der Waals surface area contributed by atoms with Gasteiger partial charge in [0.2, 0.25) is 0 Å². The number of aliphatic hydroxyl groups excluding tert-OH is 2. The van der Waals surface area contributed by atoms with Crippen molar-refractivity contribution in [3.63, 3.8) is 0 Å². The van der Waals surface area contributed by atoms with Crippen LogP contribution in [-0.4, -0.2) is 32.9 Å². The van der Waals surface area contributed by atoms with Gasteiger partial charge in [-0.2, -0.15) is 0 Å². The minimum absolute atomic E-state index is 0.127. The minimum atomic E-state index is -0.127. The standard InChI is InChI=1S/C12H22O2S/c13-9-5-1-3-7-11(9)15-12-8-4-2-6-10(12)14/h9-14H,1-8H2/t9-,10-,11+,12+/m0/s1. The number of hydrogen-bond donors (Lipinski definition) is 2. The summed E-state index contributed by atoms with van der Waals surface area (Å²) in [5, 5.41) is 20.5. The molecule has 0 amide bonds. The lowest BCUT2D eigenvalue weighted by Gasteiger charge is -2.34. The number of aliphatic hydroxyl groups is 2. The highest BCUT2D eigenvalue weighted by Gasteiger charge is 2.30. The summed E-state index contributed by atoms with van der Waals surface area (Å²) in [4.78, 5) is 0. The summed E-state index contributed by atoms with van der Waals surface area (Å²) in [5.74, 6) is 0. The maximum atomic E-state index is 9.88. The average Bonchev–Trinajstić information content (AvgIpc) is 2.24. The van der Waals surface area contributed by atoms with Gasteiger partial charge in [-0.05, 0) is 25.7 Å². The normalized spacial score (nSPS) is 42.8. The average molecular weight is 230 g/mol. The highest BCUT2D eigenvalue weighted by atomic mass is 32.2. The molecule has 88 valence electrons. The van der Waals surface area contributed by atoms with Gasteiger partial charge in [-0.3, -0.25) is 0 Å². The lowest BCUT2D eigenvalue weighted by Crippen LogP contribution is -2.34. The van der Waals surface area contributed by atoms with Crippen molar-refractivity contribution in [2.24, 2.45) is 0 Å². The molecule has 2 aliphatic carbocycles. The summed E-state index contributed by atoms with van der Waals surface area (Å²) in [6, 6.07) is 0. The molecule has 2 saturated carbocycles. The Labute approximate surface area is 96.5 Å². The van der Waals surface area contributed by atoms with Gasteiger partial charge in [-0.25, -0.2) is 0 Å². The first-order chi connectivity index (χ1) is 7.27. The van der Waals surface area contributed by atoms with Gasteiger partial charge in [-0.15, -0.1) is 11.8 Å². The van der Waals surface area contributed by atoms with E-state index in [9.17, 15) is 10.2 Å². The maximum absolute atomic E-state index is 9.88. The SMILES string of the molecule is O[C@H]1CCCC[C@H]1S[C@@H]1CCCC[C@@H]1O. The molecule has 0 bridgehead atoms. The molecule has 2 N–H and O–H groups in total. The second-order valence-electron chi connectivity index (χ2n) is 4.92. The molecule has 0 aromatic rings. The lowest BCUT2D eigenvalue weighted by molar-refractivity contribution is 0.127. The van der Waals surface area contributed by atoms with Crippen molar-refractivity contribution in [2.75, 3.05) is 0 Å². The van der Waals surface area contributed by atoms with Crippen molar-refractivity contribution in [1.82, 2.24) is 0 Å². The van der Waals surface area contributed by atoms with E-state index in [1.807, 2.05) is 11.8 Å². The molecule has 0 aromatic heterocycles. The number of thioether (sulfide) groups is 1. The first-order valence-electron chi connectivity index (χ1n) is 6.29. The van der Waals surface area contributed by atoms with E-state index in [4.69, 9.17) is 0 Å². The van der Waals surface area contributed by atoms with E-state index in [2.05, 4.69) is 0 Å². The number of hydrogen-bond acceptors (Lipinski definition) is 3. The van der Waals surface area contributed by atoms with Crippen LogP contribution in [0.5, 0.6) is 0 Å². The van der Waals surface area contributed by atoms with Crippen LogP contribution >= 0.6 is 11.8 Å². The van der Waals surface area contributed by atoms with Crippen molar-refractivity contribution < 1.29 is 10.2 Å². The third-order valence-corrected chi connectivity index (χ3v) is 5.48. The molecule has 0 radical (unpaired) electrons. The van der Waals surface area contributed by atoms with Gasteiger partial charge in [-0.1, -0.05) is 25.7 Å². The van der Waals surface area contributed by atoms with E-state index < -0.39 is 0 Å². The minimum Gasteiger partial charge on any atom is -0.392 e. The second-order valence-corrected chi connectivity index (χ2v) is 6.40. The Morgan fingerprint density at radius 3 is 1.47 bits per heavy atom. The zero-order valence-corrected chi connectivity index (χ0v) is 10.1. The fourth-order valence-electron chi connectivity index (χ4n) is 2.70. The van der Waals surface area contributed by atoms with Crippen molar-refractivity contribution >= 4 is 11.8 Å². The summed E-state index contributed by atoms with van der Waals surface area (Å²) in [6.45, 7) is 0. The highest BCUT2D eigenvalue weighted by molar-refractivity contribution is 8.00. The predicted octanol–water partition coefficient (Wildman–Crippen LogP) is 2.33. The Kier molecular flexibility index (Phi) is 4.35. The summed E-state index contributed by atoms with van der Waals surface area (Å²) >= 11 is 1.86. The topological polar surface area (TPSA) is 40.5 Å². The van der Waals surface area contributed by atoms with E-state index in [1.54, 1.807) is 0 Å². The van der Waals surface area contributed by atoms with Crippen LogP contribution in [0.1, 0.15) is 51.4 Å². The lowest BCUT2D eigenvalue weighted by atomic mass is 9.97. The first-order valence-corrected chi connectivity index (χ1v) is 7.23. The molecule has 2 rings (SSSR count). The predicted molar refractivity (Wildman–Crippen MR) is 64.1 cm³/mol. The molecule has 0 aromatic carbocycles. The summed E-state index contributed by atoms with van der Waals surface area (Å²) in [6.07, 6.45) is 8.77. The maximum Gasteiger partial charge on any atom is 0.0658 e. The fraction of sp³-hybridized carbons (Fsp3) is 1.00. The van der Waals surface area contributed by atoms with E-state index in [-0.39, 0.29) is 12.2 Å². The Hall–Kier alpha value is 0.270. The molecular weight excluding hydrogens is 208 g/mol. The monoisotopic (exact) mass is 230 g/mol. The molecule has 0 spiro atoms. The van der Waals surface area contributed by atoms with Crippen LogP contribution in [0.25, 0.3) is 0 Å². The molecule has 2 aliphatic rings. The third kappa shape index (κ3) is 3.11. The van der Waals surface area contributed by atoms with Crippen LogP contribution in [0.15, 0.2) is 0 Å². The summed E-state index contributed by atoms with van der Waals surface area (Å²) in [5.41, 5.74) is 0. The van der Waals surface area contributed by atoms with Crippen molar-refractivity contribution in [3.05, 3.63) is 0 Å². The van der Waals surface area contributed by atoms with Gasteiger partial charge in [0.1, 0.15) is 0 Å². The zero-order chi connectivity index (χ0) is 10.7. The first kappa shape index (κ1) is 11.7. The molecule has 2 fully saturated rings. The molecule has 3 heteroatoms. The van der Waals surface area contributed by atoms with Crippen LogP contribution in [0, 0.1) is 0 Å². The Bertz CT molecular complexity index is 178. The van der Waals surface area contributed by atoms with Gasteiger partial charge < -0.3 is 10.2 Å². The van der Waals surface area contributed by atoms with Crippen LogP contribution in [0.4, 0.5) is 0 Å². The molecule has 15 heavy (non-hydrogen) atoms. The highest BCUT2D eigenvalue weighted by Crippen LogP contribution is 2.37. The van der Waals surface area contributed by atoms with Crippen molar-refractivity contribution in [2.45, 2.75) is 74.1 Å². The van der Waals surface area contributed by atoms with Gasteiger partial charge in [0, 0.05) is 10.5 Å². The Morgan fingerprint density at radius 2 is 1.07 bits per heavy atom. The summed E-state index contributed by atoms with van der Waals surface area (Å²) in [7, 11) is 0. The molecule has 0 aliphatic heterocycles. The molecule has 0 heterocycles. The van der Waals surface area contributed by atoms with Crippen LogP contribution in [0.3, 0.4) is 0 Å². The molecule has 4 atom stereocenters. The van der Waals surface area contributed by atoms with Gasteiger partial charge in [0.25, 0.3) is 0 Å². The summed E-state index contributed by atoms with van der Waals surface area (Å²) < 4.78 is 0. The Balaban J connectivity index is 1.83. The van der Waals surface area contributed by atoms with Crippen molar-refractivity contribution in [3.8, 4) is 0 Å². The smallest absolute Gasteiger partial charge is 0.0658 e. The van der Waals surface area contributed by atoms with Gasteiger partial charge in [0.05, 0.1) is 12.2 Å². The Morgan fingerprint density at radius 1 is 0.667 bits per heavy atom. The molecular formula is C12H22O2S. The van der Waals surface area contributed by atoms with E-state index in [0.29, 0.717) is 10.5 Å². The molecule has 0 saturated heterocycles. The van der Waals surface area contributed by atoms with Crippen molar-refractivity contribution in [1.29, 1.82) is 0 Å². The fourth-order valence-corrected chi connectivity index (χ4v) is 4.39. The molecule has 0 unspecified atom stereocenters. The molecule has 2 nitrogen and oxygen atoms in total.